The van der Waals surface area contributed by atoms with Crippen molar-refractivity contribution >= 4 is 21.8 Å². The second kappa shape index (κ2) is 7.17. The van der Waals surface area contributed by atoms with Crippen molar-refractivity contribution in [3.8, 4) is 0 Å². The van der Waals surface area contributed by atoms with Crippen LogP contribution >= 0.6 is 11.8 Å². The lowest BCUT2D eigenvalue weighted by atomic mass is 10.2. The molecule has 2 N–H and O–H groups in total. The van der Waals surface area contributed by atoms with Crippen LogP contribution in [0.3, 0.4) is 0 Å². The van der Waals surface area contributed by atoms with Crippen molar-refractivity contribution < 1.29 is 12.8 Å². The van der Waals surface area contributed by atoms with E-state index in [1.165, 1.54) is 6.42 Å². The summed E-state index contributed by atoms with van der Waals surface area (Å²) in [7, 11) is -3.48. The molecular weight excluding hydrogens is 308 g/mol. The lowest BCUT2D eigenvalue weighted by Gasteiger charge is -2.10. The van der Waals surface area contributed by atoms with Crippen LogP contribution in [-0.2, 0) is 16.6 Å². The van der Waals surface area contributed by atoms with Gasteiger partial charge in [-0.15, -0.1) is 0 Å². The molecule has 0 radical (unpaired) electrons. The van der Waals surface area contributed by atoms with E-state index in [4.69, 9.17) is 4.42 Å². The predicted molar refractivity (Wildman–Crippen MR) is 86.1 cm³/mol. The van der Waals surface area contributed by atoms with Gasteiger partial charge in [0, 0.05) is 23.9 Å². The molecule has 1 aliphatic heterocycles. The molecule has 2 heterocycles. The number of aryl methyl sites for hydroxylation is 1. The summed E-state index contributed by atoms with van der Waals surface area (Å²) in [6.07, 6.45) is 2.26. The average molecular weight is 332 g/mol. The van der Waals surface area contributed by atoms with Crippen molar-refractivity contribution in [3.63, 3.8) is 0 Å². The molecule has 1 atom stereocenters. The first-order valence-corrected chi connectivity index (χ1v) is 9.85. The fraction of sp³-hybridized carbons (Fsp3) is 0.714. The third-order valence-corrected chi connectivity index (χ3v) is 6.35. The highest BCUT2D eigenvalue weighted by Gasteiger charge is 2.24. The molecule has 1 saturated heterocycles. The van der Waals surface area contributed by atoms with Gasteiger partial charge in [-0.2, -0.15) is 11.8 Å². The molecule has 1 unspecified atom stereocenters. The highest BCUT2D eigenvalue weighted by atomic mass is 32.2. The van der Waals surface area contributed by atoms with Gasteiger partial charge in [0.15, 0.2) is 0 Å². The lowest BCUT2D eigenvalue weighted by Crippen LogP contribution is -2.30. The van der Waals surface area contributed by atoms with E-state index in [1.807, 2.05) is 25.6 Å². The van der Waals surface area contributed by atoms with Crippen molar-refractivity contribution in [1.82, 2.24) is 10.0 Å². The SMILES string of the molecule is Cc1oc(CNC(C)C)cc1S(=O)(=O)NCC1CCCS1. The van der Waals surface area contributed by atoms with E-state index in [0.717, 1.165) is 12.2 Å². The fourth-order valence-corrected chi connectivity index (χ4v) is 4.86. The molecule has 2 rings (SSSR count). The summed E-state index contributed by atoms with van der Waals surface area (Å²) in [5.41, 5.74) is 0. The molecule has 5 nitrogen and oxygen atoms in total. The zero-order valence-electron chi connectivity index (χ0n) is 12.8. The Hall–Kier alpha value is -0.500. The molecule has 0 aromatic carbocycles. The molecule has 0 saturated carbocycles. The number of hydrogen-bond acceptors (Lipinski definition) is 5. The summed E-state index contributed by atoms with van der Waals surface area (Å²) in [5, 5.41) is 3.62. The third kappa shape index (κ3) is 4.74. The van der Waals surface area contributed by atoms with Crippen molar-refractivity contribution in [2.24, 2.45) is 0 Å². The van der Waals surface area contributed by atoms with E-state index >= 15 is 0 Å². The molecule has 0 aliphatic carbocycles. The van der Waals surface area contributed by atoms with Crippen LogP contribution in [0.15, 0.2) is 15.4 Å². The Morgan fingerprint density at radius 3 is 2.86 bits per heavy atom. The van der Waals surface area contributed by atoms with Crippen LogP contribution in [0.4, 0.5) is 0 Å². The van der Waals surface area contributed by atoms with E-state index < -0.39 is 10.0 Å². The fourth-order valence-electron chi connectivity index (χ4n) is 2.27. The average Bonchev–Trinajstić information content (AvgIpc) is 3.03. The quantitative estimate of drug-likeness (QED) is 0.801. The first-order chi connectivity index (χ1) is 9.88. The highest BCUT2D eigenvalue weighted by Crippen LogP contribution is 2.26. The molecule has 0 bridgehead atoms. The minimum absolute atomic E-state index is 0.256. The van der Waals surface area contributed by atoms with Crippen molar-refractivity contribution in [1.29, 1.82) is 0 Å². The van der Waals surface area contributed by atoms with Gasteiger partial charge in [0.1, 0.15) is 16.4 Å². The summed E-state index contributed by atoms with van der Waals surface area (Å²) in [5.74, 6) is 2.22. The number of nitrogens with one attached hydrogen (secondary N) is 2. The Balaban J connectivity index is 2.01. The summed E-state index contributed by atoms with van der Waals surface area (Å²) in [6, 6.07) is 1.95. The number of furan rings is 1. The van der Waals surface area contributed by atoms with Crippen LogP contribution in [0.2, 0.25) is 0 Å². The Bertz CT molecular complexity index is 561. The molecule has 1 fully saturated rings. The molecular formula is C14H24N2O3S2. The van der Waals surface area contributed by atoms with Gasteiger partial charge in [0.25, 0.3) is 0 Å². The van der Waals surface area contributed by atoms with Gasteiger partial charge >= 0.3 is 0 Å². The number of sulfonamides is 1. The van der Waals surface area contributed by atoms with Crippen molar-refractivity contribution in [2.45, 2.75) is 56.3 Å². The Morgan fingerprint density at radius 1 is 1.48 bits per heavy atom. The predicted octanol–water partition coefficient (Wildman–Crippen LogP) is 2.26. The zero-order chi connectivity index (χ0) is 15.5. The maximum absolute atomic E-state index is 12.4. The van der Waals surface area contributed by atoms with E-state index in [1.54, 1.807) is 13.0 Å². The lowest BCUT2D eigenvalue weighted by molar-refractivity contribution is 0.444. The van der Waals surface area contributed by atoms with Crippen LogP contribution in [0.5, 0.6) is 0 Å². The van der Waals surface area contributed by atoms with E-state index in [0.29, 0.717) is 35.9 Å². The Morgan fingerprint density at radius 2 is 2.24 bits per heavy atom. The second-order valence-electron chi connectivity index (χ2n) is 5.66. The van der Waals surface area contributed by atoms with Crippen LogP contribution in [0, 0.1) is 6.92 Å². The van der Waals surface area contributed by atoms with Gasteiger partial charge < -0.3 is 9.73 Å². The van der Waals surface area contributed by atoms with Gasteiger partial charge in [-0.3, -0.25) is 0 Å². The third-order valence-electron chi connectivity index (χ3n) is 3.42. The number of hydrogen-bond donors (Lipinski definition) is 2. The standard InChI is InChI=1S/C14H24N2O3S2/c1-10(2)15-8-12-7-14(11(3)19-12)21(17,18)16-9-13-5-4-6-20-13/h7,10,13,15-16H,4-6,8-9H2,1-3H3. The Labute approximate surface area is 131 Å². The van der Waals surface area contributed by atoms with Crippen LogP contribution < -0.4 is 10.0 Å². The van der Waals surface area contributed by atoms with Crippen LogP contribution in [0.25, 0.3) is 0 Å². The van der Waals surface area contributed by atoms with Gasteiger partial charge in [0.2, 0.25) is 10.0 Å². The highest BCUT2D eigenvalue weighted by molar-refractivity contribution is 8.00. The summed E-state index contributed by atoms with van der Waals surface area (Å²) in [6.45, 7) is 6.80. The van der Waals surface area contributed by atoms with Crippen molar-refractivity contribution in [2.75, 3.05) is 12.3 Å². The number of thioether (sulfide) groups is 1. The van der Waals surface area contributed by atoms with E-state index in [2.05, 4.69) is 10.0 Å². The molecule has 1 aromatic heterocycles. The van der Waals surface area contributed by atoms with Crippen LogP contribution in [0.1, 0.15) is 38.2 Å². The maximum atomic E-state index is 12.4. The largest absolute Gasteiger partial charge is 0.464 e. The zero-order valence-corrected chi connectivity index (χ0v) is 14.4. The smallest absolute Gasteiger partial charge is 0.244 e. The second-order valence-corrected chi connectivity index (χ2v) is 8.80. The molecule has 1 aliphatic rings. The van der Waals surface area contributed by atoms with Gasteiger partial charge in [-0.25, -0.2) is 13.1 Å². The van der Waals surface area contributed by atoms with E-state index in [-0.39, 0.29) is 4.90 Å². The van der Waals surface area contributed by atoms with Gasteiger partial charge in [-0.1, -0.05) is 13.8 Å². The van der Waals surface area contributed by atoms with Gasteiger partial charge in [0.05, 0.1) is 6.54 Å². The first kappa shape index (κ1) is 16.9. The summed E-state index contributed by atoms with van der Waals surface area (Å²) >= 11 is 1.84. The summed E-state index contributed by atoms with van der Waals surface area (Å²) < 4.78 is 33.0. The Kier molecular flexibility index (Phi) is 5.76. The molecule has 120 valence electrons. The molecule has 1 aromatic rings. The molecule has 7 heteroatoms. The monoisotopic (exact) mass is 332 g/mol. The molecule has 21 heavy (non-hydrogen) atoms. The van der Waals surface area contributed by atoms with Crippen LogP contribution in [-0.4, -0.2) is 32.0 Å². The van der Waals surface area contributed by atoms with Crippen molar-refractivity contribution in [3.05, 3.63) is 17.6 Å². The first-order valence-electron chi connectivity index (χ1n) is 7.32. The van der Waals surface area contributed by atoms with Gasteiger partial charge in [-0.05, 0) is 25.5 Å². The maximum Gasteiger partial charge on any atom is 0.244 e. The van der Waals surface area contributed by atoms with E-state index in [9.17, 15) is 8.42 Å². The molecule has 0 spiro atoms. The minimum atomic E-state index is -3.48. The number of rotatable bonds is 7. The summed E-state index contributed by atoms with van der Waals surface area (Å²) in [4.78, 5) is 0.256. The minimum Gasteiger partial charge on any atom is -0.464 e. The topological polar surface area (TPSA) is 71.3 Å². The normalized spacial score (nSPS) is 19.5. The molecule has 0 amide bonds.